The summed E-state index contributed by atoms with van der Waals surface area (Å²) < 4.78 is 21.6. The van der Waals surface area contributed by atoms with Gasteiger partial charge in [0.05, 0.1) is 43.6 Å². The first-order valence-corrected chi connectivity index (χ1v) is 20.1. The molecule has 58 heavy (non-hydrogen) atoms. The number of aromatic nitrogens is 6. The second-order valence-electron chi connectivity index (χ2n) is 15.4. The zero-order valence-corrected chi connectivity index (χ0v) is 34.5. The summed E-state index contributed by atoms with van der Waals surface area (Å²) in [6, 6.07) is 31.8. The van der Waals surface area contributed by atoms with E-state index in [1.165, 1.54) is 16.3 Å². The highest BCUT2D eigenvalue weighted by atomic mass is 16.5. The van der Waals surface area contributed by atoms with Gasteiger partial charge in [-0.05, 0) is 107 Å². The maximum Gasteiger partial charge on any atom is 0.146 e. The van der Waals surface area contributed by atoms with Gasteiger partial charge in [0.2, 0.25) is 0 Å². The molecule has 292 valence electrons. The van der Waals surface area contributed by atoms with Crippen molar-refractivity contribution in [3.05, 3.63) is 136 Å². The number of rotatable bonds is 11. The van der Waals surface area contributed by atoms with Crippen molar-refractivity contribution in [1.29, 1.82) is 0 Å². The first kappa shape index (κ1) is 37.1. The predicted molar refractivity (Wildman–Crippen MR) is 231 cm³/mol. The first-order chi connectivity index (χ1) is 28.2. The lowest BCUT2D eigenvalue weighted by atomic mass is 9.98. The Morgan fingerprint density at radius 3 is 1.86 bits per heavy atom. The van der Waals surface area contributed by atoms with Crippen LogP contribution in [0.4, 0.5) is 0 Å². The normalized spacial score (nSPS) is 12.8. The molecule has 0 aliphatic heterocycles. The third kappa shape index (κ3) is 6.26. The molecule has 0 N–H and O–H groups in total. The van der Waals surface area contributed by atoms with Crippen LogP contribution in [0.5, 0.6) is 17.2 Å². The molecule has 1 aliphatic rings. The lowest BCUT2D eigenvalue weighted by Crippen LogP contribution is -2.02. The van der Waals surface area contributed by atoms with Gasteiger partial charge in [-0.3, -0.25) is 0 Å². The van der Waals surface area contributed by atoms with Crippen LogP contribution in [0.1, 0.15) is 71.1 Å². The van der Waals surface area contributed by atoms with E-state index in [4.69, 9.17) is 29.5 Å². The highest BCUT2D eigenvalue weighted by molar-refractivity contribution is 6.00. The third-order valence-corrected chi connectivity index (χ3v) is 11.8. The fourth-order valence-corrected chi connectivity index (χ4v) is 8.89. The van der Waals surface area contributed by atoms with E-state index in [1.807, 2.05) is 38.1 Å². The van der Waals surface area contributed by atoms with Gasteiger partial charge in [0.15, 0.2) is 0 Å². The minimum Gasteiger partial charge on any atom is -0.497 e. The van der Waals surface area contributed by atoms with Gasteiger partial charge in [-0.2, -0.15) is 15.3 Å². The Hall–Kier alpha value is -6.48. The number of nitrogens with zero attached hydrogens (tertiary/aromatic N) is 6. The van der Waals surface area contributed by atoms with E-state index >= 15 is 0 Å². The van der Waals surface area contributed by atoms with Gasteiger partial charge in [-0.15, -0.1) is 5.10 Å². The van der Waals surface area contributed by atoms with Crippen LogP contribution < -0.4 is 14.2 Å². The summed E-state index contributed by atoms with van der Waals surface area (Å²) >= 11 is 0. The molecule has 1 saturated carbocycles. The standard InChI is InChI=1S/C49H48N6O3/c1-9-58-39-22-20-38(21-23-39)54-29(3)44-28(2)50-52-48(46(44)31(54)5)36-16-14-35(15-17-36)34-12-10-33(11-13-34)26-41-45-30(4)55(42-25-24-40(56-7)27-43(42)57-8)32(6)47(45)49(53-51-41)37-18-19-37/h10-17,20-25,27,37H,9,18-19,26H2,1-8H3. The number of hydrogen-bond acceptors (Lipinski definition) is 7. The molecule has 4 aromatic heterocycles. The van der Waals surface area contributed by atoms with Gasteiger partial charge in [-0.25, -0.2) is 0 Å². The Kier molecular flexibility index (Phi) is 9.47. The molecule has 8 aromatic rings. The fraction of sp³-hybridized carbons (Fsp3) is 0.265. The van der Waals surface area contributed by atoms with Crippen LogP contribution >= 0.6 is 0 Å². The van der Waals surface area contributed by atoms with Crippen molar-refractivity contribution in [2.75, 3.05) is 20.8 Å². The van der Waals surface area contributed by atoms with Gasteiger partial charge in [0.1, 0.15) is 22.9 Å². The van der Waals surface area contributed by atoms with Crippen LogP contribution in [-0.2, 0) is 6.42 Å². The molecule has 1 aliphatic carbocycles. The van der Waals surface area contributed by atoms with Crippen LogP contribution in [0, 0.1) is 34.6 Å². The fourth-order valence-electron chi connectivity index (χ4n) is 8.89. The average Bonchev–Trinajstić information content (AvgIpc) is 4.01. The van der Waals surface area contributed by atoms with Crippen LogP contribution in [0.2, 0.25) is 0 Å². The minimum atomic E-state index is 0.462. The van der Waals surface area contributed by atoms with Crippen molar-refractivity contribution >= 4 is 21.5 Å². The Morgan fingerprint density at radius 1 is 0.586 bits per heavy atom. The maximum atomic E-state index is 5.85. The van der Waals surface area contributed by atoms with Crippen molar-refractivity contribution in [2.45, 2.75) is 66.7 Å². The highest BCUT2D eigenvalue weighted by Gasteiger charge is 2.32. The molecular formula is C49H48N6O3. The first-order valence-electron chi connectivity index (χ1n) is 20.1. The molecule has 1 fully saturated rings. The molecule has 0 spiro atoms. The van der Waals surface area contributed by atoms with E-state index in [0.717, 1.165) is 114 Å². The Morgan fingerprint density at radius 2 is 1.21 bits per heavy atom. The number of hydrogen-bond donors (Lipinski definition) is 0. The van der Waals surface area contributed by atoms with Gasteiger partial charge in [0.25, 0.3) is 0 Å². The number of benzene rings is 4. The van der Waals surface area contributed by atoms with Crippen LogP contribution in [0.15, 0.2) is 91.0 Å². The molecule has 0 bridgehead atoms. The molecule has 0 atom stereocenters. The van der Waals surface area contributed by atoms with E-state index in [2.05, 4.69) is 109 Å². The van der Waals surface area contributed by atoms with Crippen molar-refractivity contribution in [1.82, 2.24) is 29.5 Å². The van der Waals surface area contributed by atoms with Crippen molar-refractivity contribution in [2.24, 2.45) is 0 Å². The van der Waals surface area contributed by atoms with Crippen LogP contribution in [-0.4, -0.2) is 50.4 Å². The topological polar surface area (TPSA) is 89.1 Å². The smallest absolute Gasteiger partial charge is 0.146 e. The van der Waals surface area contributed by atoms with Crippen molar-refractivity contribution < 1.29 is 14.2 Å². The number of fused-ring (bicyclic) bond motifs is 2. The molecule has 0 saturated heterocycles. The highest BCUT2D eigenvalue weighted by Crippen LogP contribution is 2.46. The lowest BCUT2D eigenvalue weighted by Gasteiger charge is -2.15. The molecule has 4 heterocycles. The van der Waals surface area contributed by atoms with Crippen molar-refractivity contribution in [3.63, 3.8) is 0 Å². The largest absolute Gasteiger partial charge is 0.497 e. The van der Waals surface area contributed by atoms with Gasteiger partial charge in [0, 0.05) is 74.0 Å². The average molecular weight is 769 g/mol. The molecule has 0 unspecified atom stereocenters. The summed E-state index contributed by atoms with van der Waals surface area (Å²) in [5.41, 5.74) is 15.0. The molecule has 4 aromatic carbocycles. The van der Waals surface area contributed by atoms with E-state index in [-0.39, 0.29) is 0 Å². The molecule has 0 amide bonds. The van der Waals surface area contributed by atoms with Crippen LogP contribution in [0.3, 0.4) is 0 Å². The zero-order valence-electron chi connectivity index (χ0n) is 34.5. The van der Waals surface area contributed by atoms with E-state index < -0.39 is 0 Å². The van der Waals surface area contributed by atoms with E-state index in [0.29, 0.717) is 18.9 Å². The maximum absolute atomic E-state index is 5.85. The van der Waals surface area contributed by atoms with E-state index in [1.54, 1.807) is 14.2 Å². The van der Waals surface area contributed by atoms with Crippen LogP contribution in [0.25, 0.3) is 55.3 Å². The molecule has 0 radical (unpaired) electrons. The Labute approximate surface area is 339 Å². The summed E-state index contributed by atoms with van der Waals surface area (Å²) in [5, 5.41) is 23.8. The predicted octanol–water partition coefficient (Wildman–Crippen LogP) is 10.9. The minimum absolute atomic E-state index is 0.462. The molecular weight excluding hydrogens is 721 g/mol. The van der Waals surface area contributed by atoms with E-state index in [9.17, 15) is 0 Å². The quantitative estimate of drug-likeness (QED) is 0.129. The second kappa shape index (κ2) is 14.8. The molecule has 9 nitrogen and oxygen atoms in total. The number of methoxy groups -OCH3 is 2. The summed E-state index contributed by atoms with van der Waals surface area (Å²) in [6.45, 7) is 13.4. The SMILES string of the molecule is CCOc1ccc(-n2c(C)c3c(C)nnc(-c4ccc(-c5ccc(Cc6nnc(C7CC7)c7c(C)n(-c8ccc(OC)cc8OC)c(C)c67)cc5)cc4)c3c2C)cc1. The Bertz CT molecular complexity index is 2830. The monoisotopic (exact) mass is 768 g/mol. The van der Waals surface area contributed by atoms with Gasteiger partial charge < -0.3 is 23.3 Å². The third-order valence-electron chi connectivity index (χ3n) is 11.8. The summed E-state index contributed by atoms with van der Waals surface area (Å²) in [4.78, 5) is 0. The zero-order chi connectivity index (χ0) is 40.2. The summed E-state index contributed by atoms with van der Waals surface area (Å²) in [7, 11) is 3.38. The van der Waals surface area contributed by atoms with Crippen molar-refractivity contribution in [3.8, 4) is 51.0 Å². The molecule has 9 rings (SSSR count). The van der Waals surface area contributed by atoms with Gasteiger partial charge in [-0.1, -0.05) is 48.5 Å². The number of aryl methyl sites for hydroxylation is 5. The second-order valence-corrected chi connectivity index (χ2v) is 15.4. The summed E-state index contributed by atoms with van der Waals surface area (Å²) in [5.74, 6) is 2.85. The lowest BCUT2D eigenvalue weighted by molar-refractivity contribution is 0.340. The van der Waals surface area contributed by atoms with Gasteiger partial charge >= 0.3 is 0 Å². The Balaban J connectivity index is 1.02. The molecule has 9 heteroatoms. The number of ether oxygens (including phenoxy) is 3. The summed E-state index contributed by atoms with van der Waals surface area (Å²) in [6.07, 6.45) is 2.98.